The minimum Gasteiger partial charge on any atom is -0.276 e. The van der Waals surface area contributed by atoms with E-state index in [9.17, 15) is 0 Å². The van der Waals surface area contributed by atoms with Gasteiger partial charge in [0.25, 0.3) is 0 Å². The number of H-pyrrole nitrogens is 1. The Kier molecular flexibility index (Phi) is 2.50. The van der Waals surface area contributed by atoms with E-state index < -0.39 is 0 Å². The fraction of sp³-hybridized carbons (Fsp3) is 0. The molecule has 2 aromatic heterocycles. The third-order valence-corrected chi connectivity index (χ3v) is 2.92. The van der Waals surface area contributed by atoms with Gasteiger partial charge < -0.3 is 0 Å². The van der Waals surface area contributed by atoms with Gasteiger partial charge in [0.2, 0.25) is 0 Å². The molecule has 17 heavy (non-hydrogen) atoms. The topological polar surface area (TPSA) is 41.6 Å². The molecule has 0 fully saturated rings. The fourth-order valence-electron chi connectivity index (χ4n) is 1.71. The molecule has 3 nitrogen and oxygen atoms in total. The minimum atomic E-state index is 0.609. The molecule has 0 unspecified atom stereocenters. The van der Waals surface area contributed by atoms with Crippen molar-refractivity contribution in [2.45, 2.75) is 0 Å². The molecule has 1 aromatic carbocycles. The first-order chi connectivity index (χ1) is 8.22. The molecule has 0 amide bonds. The third-order valence-electron chi connectivity index (χ3n) is 2.49. The second kappa shape index (κ2) is 4.02. The second-order valence-corrected chi connectivity index (χ2v) is 4.56. The Morgan fingerprint density at radius 3 is 2.41 bits per heavy atom. The van der Waals surface area contributed by atoms with Crippen LogP contribution in [-0.2, 0) is 0 Å². The van der Waals surface area contributed by atoms with E-state index in [0.29, 0.717) is 10.0 Å². The van der Waals surface area contributed by atoms with Crippen LogP contribution in [0.3, 0.4) is 0 Å². The van der Waals surface area contributed by atoms with Crippen LogP contribution in [0.15, 0.2) is 36.7 Å². The number of nitrogens with zero attached hydrogens (tertiary/aromatic N) is 2. The van der Waals surface area contributed by atoms with E-state index >= 15 is 0 Å². The van der Waals surface area contributed by atoms with Gasteiger partial charge in [0.15, 0.2) is 0 Å². The lowest BCUT2D eigenvalue weighted by atomic mass is 10.1. The van der Waals surface area contributed by atoms with Crippen molar-refractivity contribution in [2.75, 3.05) is 0 Å². The van der Waals surface area contributed by atoms with Crippen molar-refractivity contribution >= 4 is 34.2 Å². The average Bonchev–Trinajstić information content (AvgIpc) is 2.74. The minimum absolute atomic E-state index is 0.609. The largest absolute Gasteiger partial charge is 0.276 e. The summed E-state index contributed by atoms with van der Waals surface area (Å²) in [6, 6.07) is 7.38. The maximum Gasteiger partial charge on any atom is 0.108 e. The quantitative estimate of drug-likeness (QED) is 0.723. The monoisotopic (exact) mass is 263 g/mol. The molecule has 0 spiro atoms. The molecule has 0 saturated heterocycles. The molecule has 84 valence electrons. The van der Waals surface area contributed by atoms with Gasteiger partial charge in [-0.3, -0.25) is 10.1 Å². The predicted molar refractivity (Wildman–Crippen MR) is 69.3 cm³/mol. The standard InChI is InChI=1S/C12H7Cl2N3/c13-9-1-7(2-10(14)4-9)8-3-11-12(15-5-8)6-16-17-11/h1-6H,(H,16,17). The Bertz CT molecular complexity index is 671. The highest BCUT2D eigenvalue weighted by molar-refractivity contribution is 6.35. The number of nitrogens with one attached hydrogen (secondary N) is 1. The third kappa shape index (κ3) is 1.99. The number of rotatable bonds is 1. The van der Waals surface area contributed by atoms with Gasteiger partial charge in [0.05, 0.1) is 11.7 Å². The lowest BCUT2D eigenvalue weighted by Gasteiger charge is -2.03. The van der Waals surface area contributed by atoms with Gasteiger partial charge in [0.1, 0.15) is 5.52 Å². The molecule has 2 heterocycles. The summed E-state index contributed by atoms with van der Waals surface area (Å²) in [5, 5.41) is 8.03. The zero-order valence-corrected chi connectivity index (χ0v) is 10.1. The molecule has 0 atom stereocenters. The number of aromatic nitrogens is 3. The van der Waals surface area contributed by atoms with E-state index in [1.807, 2.05) is 18.2 Å². The highest BCUT2D eigenvalue weighted by Gasteiger charge is 2.04. The van der Waals surface area contributed by atoms with Crippen molar-refractivity contribution in [1.29, 1.82) is 0 Å². The lowest BCUT2D eigenvalue weighted by molar-refractivity contribution is 1.12. The van der Waals surface area contributed by atoms with Gasteiger partial charge in [-0.05, 0) is 29.8 Å². The molecular formula is C12H7Cl2N3. The Morgan fingerprint density at radius 1 is 0.882 bits per heavy atom. The van der Waals surface area contributed by atoms with Crippen molar-refractivity contribution in [2.24, 2.45) is 0 Å². The molecule has 0 bridgehead atoms. The number of aromatic amines is 1. The van der Waals surface area contributed by atoms with E-state index in [0.717, 1.165) is 22.2 Å². The van der Waals surface area contributed by atoms with E-state index in [1.165, 1.54) is 0 Å². The van der Waals surface area contributed by atoms with Crippen LogP contribution in [0.1, 0.15) is 0 Å². The molecule has 0 saturated carbocycles. The van der Waals surface area contributed by atoms with Crippen LogP contribution < -0.4 is 0 Å². The maximum atomic E-state index is 5.97. The van der Waals surface area contributed by atoms with Crippen LogP contribution in [-0.4, -0.2) is 15.2 Å². The molecule has 0 radical (unpaired) electrons. The predicted octanol–water partition coefficient (Wildman–Crippen LogP) is 3.93. The average molecular weight is 264 g/mol. The Balaban J connectivity index is 2.19. The van der Waals surface area contributed by atoms with Crippen LogP contribution in [0.2, 0.25) is 10.0 Å². The Labute approximate surface area is 107 Å². The maximum absolute atomic E-state index is 5.97. The zero-order valence-electron chi connectivity index (χ0n) is 8.61. The van der Waals surface area contributed by atoms with Crippen LogP contribution in [0.4, 0.5) is 0 Å². The highest BCUT2D eigenvalue weighted by Crippen LogP contribution is 2.27. The highest BCUT2D eigenvalue weighted by atomic mass is 35.5. The normalized spacial score (nSPS) is 10.9. The Hall–Kier alpha value is -1.58. The van der Waals surface area contributed by atoms with Gasteiger partial charge in [0, 0.05) is 21.8 Å². The molecule has 0 aliphatic carbocycles. The Morgan fingerprint density at radius 2 is 1.65 bits per heavy atom. The molecule has 3 rings (SSSR count). The van der Waals surface area contributed by atoms with Crippen molar-refractivity contribution in [3.8, 4) is 11.1 Å². The van der Waals surface area contributed by atoms with Gasteiger partial charge in [-0.15, -0.1) is 0 Å². The number of hydrogen-bond acceptors (Lipinski definition) is 2. The fourth-order valence-corrected chi connectivity index (χ4v) is 2.24. The zero-order chi connectivity index (χ0) is 11.8. The van der Waals surface area contributed by atoms with Gasteiger partial charge >= 0.3 is 0 Å². The molecular weight excluding hydrogens is 257 g/mol. The second-order valence-electron chi connectivity index (χ2n) is 3.68. The van der Waals surface area contributed by atoms with Gasteiger partial charge in [-0.2, -0.15) is 5.10 Å². The first-order valence-electron chi connectivity index (χ1n) is 4.98. The van der Waals surface area contributed by atoms with E-state index in [-0.39, 0.29) is 0 Å². The van der Waals surface area contributed by atoms with Crippen molar-refractivity contribution < 1.29 is 0 Å². The first kappa shape index (κ1) is 10.6. The van der Waals surface area contributed by atoms with E-state index in [1.54, 1.807) is 18.5 Å². The molecule has 3 aromatic rings. The van der Waals surface area contributed by atoms with Crippen molar-refractivity contribution in [3.05, 3.63) is 46.7 Å². The first-order valence-corrected chi connectivity index (χ1v) is 5.73. The van der Waals surface area contributed by atoms with Crippen LogP contribution in [0, 0.1) is 0 Å². The lowest BCUT2D eigenvalue weighted by Crippen LogP contribution is -1.82. The summed E-state index contributed by atoms with van der Waals surface area (Å²) in [7, 11) is 0. The van der Waals surface area contributed by atoms with Crippen LogP contribution in [0.5, 0.6) is 0 Å². The van der Waals surface area contributed by atoms with Crippen LogP contribution in [0.25, 0.3) is 22.2 Å². The van der Waals surface area contributed by atoms with Crippen molar-refractivity contribution in [1.82, 2.24) is 15.2 Å². The number of benzene rings is 1. The summed E-state index contributed by atoms with van der Waals surface area (Å²) in [5.41, 5.74) is 3.61. The number of hydrogen-bond donors (Lipinski definition) is 1. The summed E-state index contributed by atoms with van der Waals surface area (Å²) < 4.78 is 0. The smallest absolute Gasteiger partial charge is 0.108 e. The van der Waals surface area contributed by atoms with Crippen molar-refractivity contribution in [3.63, 3.8) is 0 Å². The summed E-state index contributed by atoms with van der Waals surface area (Å²) in [4.78, 5) is 4.30. The number of pyridine rings is 1. The van der Waals surface area contributed by atoms with Gasteiger partial charge in [-0.1, -0.05) is 23.2 Å². The molecule has 0 aliphatic heterocycles. The molecule has 5 heteroatoms. The molecule has 0 aliphatic rings. The molecule has 1 N–H and O–H groups in total. The summed E-state index contributed by atoms with van der Waals surface area (Å²) in [6.45, 7) is 0. The summed E-state index contributed by atoms with van der Waals surface area (Å²) >= 11 is 11.9. The van der Waals surface area contributed by atoms with E-state index in [4.69, 9.17) is 23.2 Å². The van der Waals surface area contributed by atoms with Crippen LogP contribution >= 0.6 is 23.2 Å². The number of halogens is 2. The SMILES string of the molecule is Clc1cc(Cl)cc(-c2cnc3cn[nH]c3c2)c1. The van der Waals surface area contributed by atoms with E-state index in [2.05, 4.69) is 15.2 Å². The summed E-state index contributed by atoms with van der Waals surface area (Å²) in [5.74, 6) is 0. The summed E-state index contributed by atoms with van der Waals surface area (Å²) in [6.07, 6.45) is 3.46. The number of fused-ring (bicyclic) bond motifs is 1. The van der Waals surface area contributed by atoms with Gasteiger partial charge in [-0.25, -0.2) is 0 Å².